The van der Waals surface area contributed by atoms with Crippen LogP contribution < -0.4 is 10.9 Å². The van der Waals surface area contributed by atoms with Crippen molar-refractivity contribution in [3.63, 3.8) is 0 Å². The molecule has 152 valence electrons. The number of thiophene rings is 1. The zero-order chi connectivity index (χ0) is 20.5. The number of imidazole rings is 1. The number of carbonyl (C=O) groups excluding carboxylic acids is 2. The van der Waals surface area contributed by atoms with Crippen molar-refractivity contribution in [2.75, 3.05) is 0 Å². The number of carbonyl (C=O) groups is 2. The van der Waals surface area contributed by atoms with E-state index in [-0.39, 0.29) is 11.8 Å². The Morgan fingerprint density at radius 2 is 1.90 bits per heavy atom. The highest BCUT2D eigenvalue weighted by atomic mass is 32.1. The van der Waals surface area contributed by atoms with Crippen molar-refractivity contribution in [1.29, 1.82) is 0 Å². The summed E-state index contributed by atoms with van der Waals surface area (Å²) in [6.07, 6.45) is 5.14. The molecule has 8 heteroatoms. The minimum absolute atomic E-state index is 0.311. The number of hydrogen-bond donors (Lipinski definition) is 2. The van der Waals surface area contributed by atoms with Crippen molar-refractivity contribution >= 4 is 34.3 Å². The average Bonchev–Trinajstić information content (AvgIpc) is 3.16. The molecule has 4 rings (SSSR count). The SMILES string of the molecule is CCc1sc(C(=O)NNC(=O)c2cc(C)nc3c2nc2n3CCCCC2)cc1C. The maximum absolute atomic E-state index is 12.9. The van der Waals surface area contributed by atoms with E-state index in [9.17, 15) is 9.59 Å². The molecule has 3 aromatic rings. The van der Waals surface area contributed by atoms with Crippen molar-refractivity contribution in [2.45, 2.75) is 59.4 Å². The zero-order valence-corrected chi connectivity index (χ0v) is 17.8. The van der Waals surface area contributed by atoms with Crippen LogP contribution in [0.2, 0.25) is 0 Å². The largest absolute Gasteiger partial charge is 0.313 e. The Balaban J connectivity index is 1.57. The van der Waals surface area contributed by atoms with Gasteiger partial charge in [0, 0.05) is 23.5 Å². The maximum Gasteiger partial charge on any atom is 0.279 e. The zero-order valence-electron chi connectivity index (χ0n) is 17.0. The van der Waals surface area contributed by atoms with E-state index in [0.29, 0.717) is 16.0 Å². The lowest BCUT2D eigenvalue weighted by molar-refractivity contribution is 0.0849. The lowest BCUT2D eigenvalue weighted by atomic mass is 10.2. The molecule has 2 amide bonds. The van der Waals surface area contributed by atoms with Gasteiger partial charge in [-0.3, -0.25) is 20.4 Å². The highest BCUT2D eigenvalue weighted by molar-refractivity contribution is 7.14. The van der Waals surface area contributed by atoms with Gasteiger partial charge in [-0.2, -0.15) is 0 Å². The van der Waals surface area contributed by atoms with E-state index >= 15 is 0 Å². The predicted octanol–water partition coefficient (Wildman–Crippen LogP) is 3.47. The van der Waals surface area contributed by atoms with Crippen LogP contribution in [0.25, 0.3) is 11.2 Å². The number of rotatable bonds is 3. The molecule has 0 saturated carbocycles. The van der Waals surface area contributed by atoms with Gasteiger partial charge in [0.05, 0.1) is 10.4 Å². The second-order valence-corrected chi connectivity index (χ2v) is 8.59. The molecular weight excluding hydrogens is 386 g/mol. The highest BCUT2D eigenvalue weighted by Crippen LogP contribution is 2.24. The number of aryl methyl sites for hydroxylation is 5. The van der Waals surface area contributed by atoms with E-state index in [1.807, 2.05) is 19.9 Å². The van der Waals surface area contributed by atoms with E-state index in [2.05, 4.69) is 27.3 Å². The minimum atomic E-state index is -0.383. The first-order chi connectivity index (χ1) is 14.0. The second kappa shape index (κ2) is 7.94. The van der Waals surface area contributed by atoms with Crippen LogP contribution in [0, 0.1) is 13.8 Å². The van der Waals surface area contributed by atoms with Crippen LogP contribution in [0.4, 0.5) is 0 Å². The average molecular weight is 412 g/mol. The van der Waals surface area contributed by atoms with Gasteiger partial charge < -0.3 is 4.57 Å². The smallest absolute Gasteiger partial charge is 0.279 e. The molecule has 0 radical (unpaired) electrons. The fourth-order valence-corrected chi connectivity index (χ4v) is 4.82. The van der Waals surface area contributed by atoms with Crippen molar-refractivity contribution in [3.8, 4) is 0 Å². The molecule has 0 atom stereocenters. The van der Waals surface area contributed by atoms with E-state index < -0.39 is 0 Å². The molecule has 0 unspecified atom stereocenters. The summed E-state index contributed by atoms with van der Waals surface area (Å²) in [5, 5.41) is 0. The lowest BCUT2D eigenvalue weighted by Crippen LogP contribution is -2.41. The molecule has 4 heterocycles. The van der Waals surface area contributed by atoms with Crippen molar-refractivity contribution in [3.05, 3.63) is 44.5 Å². The molecular formula is C21H25N5O2S. The molecule has 0 aliphatic carbocycles. The fraction of sp³-hybridized carbons (Fsp3) is 0.429. The number of hydrogen-bond acceptors (Lipinski definition) is 5. The Morgan fingerprint density at radius 3 is 2.66 bits per heavy atom. The van der Waals surface area contributed by atoms with Gasteiger partial charge in [-0.05, 0) is 50.8 Å². The summed E-state index contributed by atoms with van der Waals surface area (Å²) >= 11 is 1.45. The second-order valence-electron chi connectivity index (χ2n) is 7.45. The third kappa shape index (κ3) is 3.76. The van der Waals surface area contributed by atoms with Gasteiger partial charge >= 0.3 is 0 Å². The molecule has 1 aliphatic rings. The molecule has 1 aliphatic heterocycles. The monoisotopic (exact) mass is 411 g/mol. The van der Waals surface area contributed by atoms with Crippen molar-refractivity contribution in [1.82, 2.24) is 25.4 Å². The number of fused-ring (bicyclic) bond motifs is 3. The van der Waals surface area contributed by atoms with Gasteiger partial charge in [-0.15, -0.1) is 11.3 Å². The van der Waals surface area contributed by atoms with Crippen molar-refractivity contribution in [2.24, 2.45) is 0 Å². The number of amides is 2. The molecule has 0 saturated heterocycles. The minimum Gasteiger partial charge on any atom is -0.313 e. The number of nitrogens with zero attached hydrogens (tertiary/aromatic N) is 3. The fourth-order valence-electron chi connectivity index (χ4n) is 3.81. The number of hydrazine groups is 1. The number of aromatic nitrogens is 3. The van der Waals surface area contributed by atoms with Crippen LogP contribution in [0.5, 0.6) is 0 Å². The first kappa shape index (κ1) is 19.6. The van der Waals surface area contributed by atoms with Crippen LogP contribution in [-0.2, 0) is 19.4 Å². The summed E-state index contributed by atoms with van der Waals surface area (Å²) < 4.78 is 2.13. The van der Waals surface area contributed by atoms with Gasteiger partial charge in [0.1, 0.15) is 11.3 Å². The summed E-state index contributed by atoms with van der Waals surface area (Å²) in [7, 11) is 0. The normalized spacial score (nSPS) is 13.8. The Hall–Kier alpha value is -2.74. The summed E-state index contributed by atoms with van der Waals surface area (Å²) in [5.41, 5.74) is 8.71. The summed E-state index contributed by atoms with van der Waals surface area (Å²) in [6, 6.07) is 3.58. The summed E-state index contributed by atoms with van der Waals surface area (Å²) in [6.45, 7) is 6.79. The van der Waals surface area contributed by atoms with Crippen LogP contribution in [0.15, 0.2) is 12.1 Å². The van der Waals surface area contributed by atoms with Crippen LogP contribution >= 0.6 is 11.3 Å². The Morgan fingerprint density at radius 1 is 1.10 bits per heavy atom. The molecule has 2 N–H and O–H groups in total. The van der Waals surface area contributed by atoms with E-state index in [4.69, 9.17) is 4.98 Å². The molecule has 0 aromatic carbocycles. The third-order valence-corrected chi connectivity index (χ3v) is 6.67. The van der Waals surface area contributed by atoms with Crippen LogP contribution in [0.3, 0.4) is 0 Å². The van der Waals surface area contributed by atoms with Gasteiger partial charge in [0.2, 0.25) is 0 Å². The summed E-state index contributed by atoms with van der Waals surface area (Å²) in [5.74, 6) is 0.287. The van der Waals surface area contributed by atoms with Gasteiger partial charge in [0.25, 0.3) is 11.8 Å². The number of pyridine rings is 1. The van der Waals surface area contributed by atoms with E-state index in [0.717, 1.165) is 55.0 Å². The Labute approximate surface area is 173 Å². The van der Waals surface area contributed by atoms with Crippen LogP contribution in [-0.4, -0.2) is 26.3 Å². The first-order valence-electron chi connectivity index (χ1n) is 10.0. The van der Waals surface area contributed by atoms with Gasteiger partial charge in [-0.25, -0.2) is 9.97 Å². The lowest BCUT2D eigenvalue weighted by Gasteiger charge is -2.08. The molecule has 29 heavy (non-hydrogen) atoms. The predicted molar refractivity (Wildman–Crippen MR) is 113 cm³/mol. The van der Waals surface area contributed by atoms with Gasteiger partial charge in [0.15, 0.2) is 5.65 Å². The number of nitrogens with one attached hydrogen (secondary N) is 2. The maximum atomic E-state index is 12.9. The highest BCUT2D eigenvalue weighted by Gasteiger charge is 2.21. The molecule has 0 bridgehead atoms. The van der Waals surface area contributed by atoms with Crippen LogP contribution in [0.1, 0.15) is 68.2 Å². The summed E-state index contributed by atoms with van der Waals surface area (Å²) in [4.78, 5) is 36.4. The molecule has 0 spiro atoms. The van der Waals surface area contributed by atoms with Crippen molar-refractivity contribution < 1.29 is 9.59 Å². The first-order valence-corrected chi connectivity index (χ1v) is 10.9. The molecule has 3 aromatic heterocycles. The topological polar surface area (TPSA) is 88.9 Å². The van der Waals surface area contributed by atoms with E-state index in [1.165, 1.54) is 22.6 Å². The molecule has 0 fully saturated rings. The van der Waals surface area contributed by atoms with Gasteiger partial charge in [-0.1, -0.05) is 13.3 Å². The quantitative estimate of drug-likeness (QED) is 0.646. The Bertz CT molecular complexity index is 1100. The third-order valence-electron chi connectivity index (χ3n) is 5.29. The Kier molecular flexibility index (Phi) is 5.36. The molecule has 7 nitrogen and oxygen atoms in total. The standard InChI is InChI=1S/C21H25N5O2S/c1-4-15-12(2)10-16(29-15)21(28)25-24-20(27)14-11-13(3)22-19-18(14)23-17-8-6-5-7-9-26(17)19/h10-11H,4-9H2,1-3H3,(H,24,27)(H,25,28). The van der Waals surface area contributed by atoms with E-state index in [1.54, 1.807) is 6.07 Å².